The highest BCUT2D eigenvalue weighted by atomic mass is 32.1. The summed E-state index contributed by atoms with van der Waals surface area (Å²) in [7, 11) is 0. The molecule has 2 aromatic carbocycles. The minimum Gasteiger partial charge on any atom is -0.494 e. The summed E-state index contributed by atoms with van der Waals surface area (Å²) < 4.78 is 5.59. The van der Waals surface area contributed by atoms with Gasteiger partial charge in [-0.15, -0.1) is 0 Å². The van der Waals surface area contributed by atoms with E-state index in [9.17, 15) is 9.59 Å². The summed E-state index contributed by atoms with van der Waals surface area (Å²) in [4.78, 5) is 24.2. The highest BCUT2D eigenvalue weighted by Crippen LogP contribution is 2.16. The summed E-state index contributed by atoms with van der Waals surface area (Å²) in [6, 6.07) is 14.1. The zero-order valence-corrected chi connectivity index (χ0v) is 17.8. The van der Waals surface area contributed by atoms with Gasteiger partial charge in [0.15, 0.2) is 5.11 Å². The van der Waals surface area contributed by atoms with E-state index in [-0.39, 0.29) is 22.8 Å². The molecule has 0 bridgehead atoms. The first-order valence-corrected chi connectivity index (χ1v) is 10.1. The van der Waals surface area contributed by atoms with Gasteiger partial charge in [0.2, 0.25) is 5.91 Å². The maximum absolute atomic E-state index is 12.4. The standard InChI is InChI=1S/C22H27N3O3S/c1-4-5-13-28-19-11-9-16(10-12-19)21(27)25-22(29)24-18-8-6-7-17(14-18)23-20(26)15(2)3/h6-12,14-15H,4-5,13H2,1-3H3,(H,23,26)(H2,24,25,27,29). The topological polar surface area (TPSA) is 79.5 Å². The highest BCUT2D eigenvalue weighted by Gasteiger charge is 2.10. The van der Waals surface area contributed by atoms with Crippen molar-refractivity contribution in [1.29, 1.82) is 0 Å². The van der Waals surface area contributed by atoms with Crippen LogP contribution in [0.1, 0.15) is 44.0 Å². The second-order valence-corrected chi connectivity index (χ2v) is 7.27. The monoisotopic (exact) mass is 413 g/mol. The van der Waals surface area contributed by atoms with Crippen LogP contribution in [0.3, 0.4) is 0 Å². The first-order chi connectivity index (χ1) is 13.9. The Labute approximate surface area is 177 Å². The molecule has 29 heavy (non-hydrogen) atoms. The highest BCUT2D eigenvalue weighted by molar-refractivity contribution is 7.80. The van der Waals surface area contributed by atoms with Gasteiger partial charge in [-0.3, -0.25) is 14.9 Å². The smallest absolute Gasteiger partial charge is 0.257 e. The van der Waals surface area contributed by atoms with Crippen molar-refractivity contribution in [2.75, 3.05) is 17.2 Å². The lowest BCUT2D eigenvalue weighted by Crippen LogP contribution is -2.34. The van der Waals surface area contributed by atoms with Crippen molar-refractivity contribution in [3.63, 3.8) is 0 Å². The van der Waals surface area contributed by atoms with Gasteiger partial charge >= 0.3 is 0 Å². The molecule has 3 N–H and O–H groups in total. The third-order valence-electron chi connectivity index (χ3n) is 4.02. The van der Waals surface area contributed by atoms with E-state index in [1.807, 2.05) is 13.8 Å². The van der Waals surface area contributed by atoms with Crippen LogP contribution < -0.4 is 20.7 Å². The largest absolute Gasteiger partial charge is 0.494 e. The predicted octanol–water partition coefficient (Wildman–Crippen LogP) is 4.59. The van der Waals surface area contributed by atoms with Crippen molar-refractivity contribution in [3.8, 4) is 5.75 Å². The molecule has 0 aliphatic carbocycles. The van der Waals surface area contributed by atoms with Crippen LogP contribution in [0.25, 0.3) is 0 Å². The predicted molar refractivity (Wildman–Crippen MR) is 120 cm³/mol. The third-order valence-corrected chi connectivity index (χ3v) is 4.23. The van der Waals surface area contributed by atoms with Gasteiger partial charge in [0, 0.05) is 22.9 Å². The minimum absolute atomic E-state index is 0.0693. The van der Waals surface area contributed by atoms with Crippen LogP contribution in [0.2, 0.25) is 0 Å². The fourth-order valence-corrected chi connectivity index (χ4v) is 2.55. The molecule has 0 unspecified atom stereocenters. The zero-order chi connectivity index (χ0) is 21.2. The summed E-state index contributed by atoms with van der Waals surface area (Å²) in [6.07, 6.45) is 2.06. The molecule has 0 aliphatic heterocycles. The lowest BCUT2D eigenvalue weighted by molar-refractivity contribution is -0.118. The summed E-state index contributed by atoms with van der Waals surface area (Å²) in [5.41, 5.74) is 1.80. The van der Waals surface area contributed by atoms with Gasteiger partial charge in [0.25, 0.3) is 5.91 Å². The van der Waals surface area contributed by atoms with Gasteiger partial charge < -0.3 is 15.4 Å². The molecule has 0 saturated heterocycles. The van der Waals surface area contributed by atoms with E-state index in [1.165, 1.54) is 0 Å². The van der Waals surface area contributed by atoms with Gasteiger partial charge in [0.1, 0.15) is 5.75 Å². The van der Waals surface area contributed by atoms with Gasteiger partial charge in [-0.25, -0.2) is 0 Å². The Bertz CT molecular complexity index is 851. The molecule has 0 fully saturated rings. The van der Waals surface area contributed by atoms with E-state index < -0.39 is 0 Å². The number of nitrogens with one attached hydrogen (secondary N) is 3. The van der Waals surface area contributed by atoms with Crippen LogP contribution >= 0.6 is 12.2 Å². The number of ether oxygens (including phenoxy) is 1. The molecular formula is C22H27N3O3S. The molecule has 2 aromatic rings. The lowest BCUT2D eigenvalue weighted by Gasteiger charge is -2.12. The number of hydrogen-bond acceptors (Lipinski definition) is 4. The lowest BCUT2D eigenvalue weighted by atomic mass is 10.2. The second kappa shape index (κ2) is 11.2. The van der Waals surface area contributed by atoms with Crippen LogP contribution in [0.4, 0.5) is 11.4 Å². The molecule has 0 atom stereocenters. The molecule has 154 valence electrons. The van der Waals surface area contributed by atoms with Crippen LogP contribution in [-0.2, 0) is 4.79 Å². The van der Waals surface area contributed by atoms with E-state index in [1.54, 1.807) is 48.5 Å². The Morgan fingerprint density at radius 3 is 2.31 bits per heavy atom. The van der Waals surface area contributed by atoms with E-state index in [0.29, 0.717) is 23.5 Å². The maximum Gasteiger partial charge on any atom is 0.257 e. The molecule has 0 heterocycles. The molecule has 0 aromatic heterocycles. The number of benzene rings is 2. The van der Waals surface area contributed by atoms with Gasteiger partial charge in [-0.2, -0.15) is 0 Å². The van der Waals surface area contributed by atoms with E-state index in [2.05, 4.69) is 22.9 Å². The summed E-state index contributed by atoms with van der Waals surface area (Å²) in [5.74, 6) is 0.235. The van der Waals surface area contributed by atoms with Crippen LogP contribution in [0.15, 0.2) is 48.5 Å². The Hall–Kier alpha value is -2.93. The maximum atomic E-state index is 12.4. The summed E-state index contributed by atoms with van der Waals surface area (Å²) in [5, 5.41) is 8.60. The first kappa shape index (κ1) is 22.4. The number of hydrogen-bond donors (Lipinski definition) is 3. The van der Waals surface area contributed by atoms with Crippen molar-refractivity contribution < 1.29 is 14.3 Å². The Morgan fingerprint density at radius 2 is 1.69 bits per heavy atom. The van der Waals surface area contributed by atoms with E-state index in [0.717, 1.165) is 18.6 Å². The van der Waals surface area contributed by atoms with Gasteiger partial charge in [0.05, 0.1) is 6.61 Å². The summed E-state index contributed by atoms with van der Waals surface area (Å²) in [6.45, 7) is 6.41. The van der Waals surface area contributed by atoms with E-state index in [4.69, 9.17) is 17.0 Å². The van der Waals surface area contributed by atoms with Crippen molar-refractivity contribution in [3.05, 3.63) is 54.1 Å². The quantitative estimate of drug-likeness (QED) is 0.436. The number of rotatable bonds is 8. The number of thiocarbonyl (C=S) groups is 1. The normalized spacial score (nSPS) is 10.3. The zero-order valence-electron chi connectivity index (χ0n) is 17.0. The molecule has 6 nitrogen and oxygen atoms in total. The van der Waals surface area contributed by atoms with Crippen LogP contribution in [0.5, 0.6) is 5.75 Å². The average molecular weight is 414 g/mol. The number of carbonyl (C=O) groups is 2. The summed E-state index contributed by atoms with van der Waals surface area (Å²) >= 11 is 5.23. The van der Waals surface area contributed by atoms with Gasteiger partial charge in [-0.05, 0) is 61.1 Å². The Kier molecular flexibility index (Phi) is 8.61. The van der Waals surface area contributed by atoms with Gasteiger partial charge in [-0.1, -0.05) is 33.3 Å². The van der Waals surface area contributed by atoms with Crippen molar-refractivity contribution in [1.82, 2.24) is 5.32 Å². The molecule has 2 rings (SSSR count). The number of unbranched alkanes of at least 4 members (excludes halogenated alkanes) is 1. The fourth-order valence-electron chi connectivity index (χ4n) is 2.34. The molecule has 0 spiro atoms. The van der Waals surface area contributed by atoms with Crippen molar-refractivity contribution in [2.24, 2.45) is 5.92 Å². The van der Waals surface area contributed by atoms with Crippen molar-refractivity contribution in [2.45, 2.75) is 33.6 Å². The average Bonchev–Trinajstić information content (AvgIpc) is 2.68. The second-order valence-electron chi connectivity index (χ2n) is 6.86. The Morgan fingerprint density at radius 1 is 1.03 bits per heavy atom. The molecule has 0 radical (unpaired) electrons. The van der Waals surface area contributed by atoms with Crippen molar-refractivity contribution >= 4 is 40.5 Å². The molecule has 2 amide bonds. The van der Waals surface area contributed by atoms with E-state index >= 15 is 0 Å². The fraction of sp³-hybridized carbons (Fsp3) is 0.318. The first-order valence-electron chi connectivity index (χ1n) is 9.65. The number of anilines is 2. The van der Waals surface area contributed by atoms with Crippen LogP contribution in [-0.4, -0.2) is 23.5 Å². The SMILES string of the molecule is CCCCOc1ccc(C(=O)NC(=S)Nc2cccc(NC(=O)C(C)C)c2)cc1. The molecule has 0 aliphatic rings. The molecule has 7 heteroatoms. The third kappa shape index (κ3) is 7.54. The minimum atomic E-state index is -0.313. The Balaban J connectivity index is 1.90. The number of amides is 2. The van der Waals surface area contributed by atoms with Crippen LogP contribution in [0, 0.1) is 5.92 Å². The molecular weight excluding hydrogens is 386 g/mol. The molecule has 0 saturated carbocycles. The number of carbonyl (C=O) groups excluding carboxylic acids is 2.